The van der Waals surface area contributed by atoms with Crippen LogP contribution in [0.3, 0.4) is 0 Å². The second kappa shape index (κ2) is 10.8. The minimum Gasteiger partial charge on any atom is -0.379 e. The van der Waals surface area contributed by atoms with E-state index in [-0.39, 0.29) is 0 Å². The average Bonchev–Trinajstić information content (AvgIpc) is 2.59. The summed E-state index contributed by atoms with van der Waals surface area (Å²) in [6, 6.07) is 0. The quantitative estimate of drug-likeness (QED) is 0.358. The minimum absolute atomic E-state index is 0.516. The Morgan fingerprint density at radius 1 is 1.09 bits per heavy atom. The van der Waals surface area contributed by atoms with Crippen molar-refractivity contribution in [2.45, 2.75) is 13.3 Å². The molecule has 2 fully saturated rings. The van der Waals surface area contributed by atoms with Crippen LogP contribution < -0.4 is 11.1 Å². The zero-order chi connectivity index (χ0) is 16.3. The average molecular weight is 327 g/mol. The Hall–Kier alpha value is -0.890. The summed E-state index contributed by atoms with van der Waals surface area (Å²) < 4.78 is 10.7. The summed E-state index contributed by atoms with van der Waals surface area (Å²) in [6.07, 6.45) is 1.08. The maximum absolute atomic E-state index is 5.95. The van der Waals surface area contributed by atoms with Crippen LogP contribution in [0.15, 0.2) is 4.99 Å². The first-order chi connectivity index (χ1) is 11.2. The van der Waals surface area contributed by atoms with E-state index in [1.54, 1.807) is 0 Å². The van der Waals surface area contributed by atoms with E-state index < -0.39 is 0 Å². The van der Waals surface area contributed by atoms with Crippen LogP contribution in [0.2, 0.25) is 0 Å². The molecule has 2 rings (SSSR count). The second-order valence-corrected chi connectivity index (χ2v) is 6.48. The highest BCUT2D eigenvalue weighted by molar-refractivity contribution is 5.77. The fraction of sp³-hybridized carbons (Fsp3) is 0.938. The van der Waals surface area contributed by atoms with Gasteiger partial charge in [-0.15, -0.1) is 0 Å². The highest BCUT2D eigenvalue weighted by atomic mass is 16.5. The van der Waals surface area contributed by atoms with E-state index in [9.17, 15) is 0 Å². The van der Waals surface area contributed by atoms with Crippen molar-refractivity contribution in [2.24, 2.45) is 16.6 Å². The first-order valence-electron chi connectivity index (χ1n) is 8.88. The van der Waals surface area contributed by atoms with Gasteiger partial charge in [0.1, 0.15) is 0 Å². The molecule has 3 N–H and O–H groups in total. The third-order valence-corrected chi connectivity index (χ3v) is 4.31. The van der Waals surface area contributed by atoms with Crippen LogP contribution >= 0.6 is 0 Å². The van der Waals surface area contributed by atoms with Gasteiger partial charge in [-0.2, -0.15) is 0 Å². The highest BCUT2D eigenvalue weighted by Crippen LogP contribution is 2.03. The molecule has 134 valence electrons. The van der Waals surface area contributed by atoms with Gasteiger partial charge in [0, 0.05) is 45.8 Å². The molecule has 1 atom stereocenters. The molecule has 2 aliphatic heterocycles. The smallest absolute Gasteiger partial charge is 0.188 e. The number of nitrogens with two attached hydrogens (primary N) is 1. The lowest BCUT2D eigenvalue weighted by Gasteiger charge is -2.28. The molecule has 0 aliphatic carbocycles. The number of ether oxygens (including phenoxy) is 2. The second-order valence-electron chi connectivity index (χ2n) is 6.48. The van der Waals surface area contributed by atoms with Crippen molar-refractivity contribution in [2.75, 3.05) is 78.8 Å². The fourth-order valence-electron chi connectivity index (χ4n) is 2.94. The Balaban J connectivity index is 1.51. The number of rotatable bonds is 8. The van der Waals surface area contributed by atoms with Gasteiger partial charge in [-0.25, -0.2) is 0 Å². The SMILES string of the molecule is CC(CN=C(N)NCCCN1CCOCC1)CN1CCOCC1. The number of nitrogens with zero attached hydrogens (tertiary/aromatic N) is 3. The van der Waals surface area contributed by atoms with E-state index in [1.165, 1.54) is 0 Å². The normalized spacial score (nSPS) is 22.9. The molecular weight excluding hydrogens is 294 g/mol. The molecule has 0 amide bonds. The van der Waals surface area contributed by atoms with Crippen LogP contribution in [0, 0.1) is 5.92 Å². The van der Waals surface area contributed by atoms with Gasteiger partial charge in [-0.05, 0) is 18.9 Å². The van der Waals surface area contributed by atoms with Gasteiger partial charge >= 0.3 is 0 Å². The number of guanidine groups is 1. The van der Waals surface area contributed by atoms with Gasteiger partial charge in [0.05, 0.1) is 26.4 Å². The van der Waals surface area contributed by atoms with E-state index >= 15 is 0 Å². The molecule has 0 aromatic heterocycles. The molecule has 2 heterocycles. The van der Waals surface area contributed by atoms with Crippen molar-refractivity contribution in [3.05, 3.63) is 0 Å². The number of morpholine rings is 2. The molecule has 7 heteroatoms. The standard InChI is InChI=1S/C16H33N5O2/c1-15(14-21-7-11-23-12-8-21)13-19-16(17)18-3-2-4-20-5-9-22-10-6-20/h15H,2-14H2,1H3,(H3,17,18,19). The van der Waals surface area contributed by atoms with Gasteiger partial charge in [0.25, 0.3) is 0 Å². The van der Waals surface area contributed by atoms with E-state index in [2.05, 4.69) is 27.0 Å². The Morgan fingerprint density at radius 3 is 2.35 bits per heavy atom. The molecule has 0 aromatic carbocycles. The van der Waals surface area contributed by atoms with Gasteiger partial charge in [0.2, 0.25) is 0 Å². The third kappa shape index (κ3) is 7.97. The summed E-state index contributed by atoms with van der Waals surface area (Å²) in [5.74, 6) is 1.09. The fourth-order valence-corrected chi connectivity index (χ4v) is 2.94. The van der Waals surface area contributed by atoms with E-state index in [4.69, 9.17) is 15.2 Å². The largest absolute Gasteiger partial charge is 0.379 e. The van der Waals surface area contributed by atoms with Crippen LogP contribution in [0.4, 0.5) is 0 Å². The molecule has 0 bridgehead atoms. The first kappa shape index (κ1) is 18.4. The van der Waals surface area contributed by atoms with Crippen molar-refractivity contribution >= 4 is 5.96 Å². The maximum Gasteiger partial charge on any atom is 0.188 e. The van der Waals surface area contributed by atoms with Gasteiger partial charge in [-0.1, -0.05) is 6.92 Å². The molecule has 0 aromatic rings. The van der Waals surface area contributed by atoms with E-state index in [0.717, 1.165) is 85.2 Å². The molecule has 0 spiro atoms. The van der Waals surface area contributed by atoms with E-state index in [0.29, 0.717) is 11.9 Å². The summed E-state index contributed by atoms with van der Waals surface area (Å²) in [5, 5.41) is 3.22. The van der Waals surface area contributed by atoms with Crippen LogP contribution in [-0.4, -0.2) is 94.5 Å². The van der Waals surface area contributed by atoms with Crippen LogP contribution in [-0.2, 0) is 9.47 Å². The molecule has 2 saturated heterocycles. The number of hydrogen-bond donors (Lipinski definition) is 2. The van der Waals surface area contributed by atoms with E-state index in [1.807, 2.05) is 0 Å². The summed E-state index contributed by atoms with van der Waals surface area (Å²) in [7, 11) is 0. The lowest BCUT2D eigenvalue weighted by atomic mass is 10.1. The zero-order valence-electron chi connectivity index (χ0n) is 14.5. The Labute approximate surface area is 140 Å². The molecule has 1 unspecified atom stereocenters. The third-order valence-electron chi connectivity index (χ3n) is 4.31. The lowest BCUT2D eigenvalue weighted by Crippen LogP contribution is -2.40. The predicted octanol–water partition coefficient (Wildman–Crippen LogP) is -0.419. The van der Waals surface area contributed by atoms with Crippen LogP contribution in [0.1, 0.15) is 13.3 Å². The number of hydrogen-bond acceptors (Lipinski definition) is 5. The van der Waals surface area contributed by atoms with Crippen LogP contribution in [0.25, 0.3) is 0 Å². The molecule has 7 nitrogen and oxygen atoms in total. The monoisotopic (exact) mass is 327 g/mol. The highest BCUT2D eigenvalue weighted by Gasteiger charge is 2.13. The minimum atomic E-state index is 0.516. The molecule has 23 heavy (non-hydrogen) atoms. The summed E-state index contributed by atoms with van der Waals surface area (Å²) in [6.45, 7) is 13.6. The Bertz CT molecular complexity index is 341. The van der Waals surface area contributed by atoms with Crippen molar-refractivity contribution in [1.82, 2.24) is 15.1 Å². The van der Waals surface area contributed by atoms with Gasteiger partial charge in [-0.3, -0.25) is 14.8 Å². The topological polar surface area (TPSA) is 75.3 Å². The molecule has 0 radical (unpaired) electrons. The Morgan fingerprint density at radius 2 is 1.70 bits per heavy atom. The Kier molecular flexibility index (Phi) is 8.67. The summed E-state index contributed by atoms with van der Waals surface area (Å²) in [4.78, 5) is 9.34. The molecular formula is C16H33N5O2. The maximum atomic E-state index is 5.95. The van der Waals surface area contributed by atoms with Crippen LogP contribution in [0.5, 0.6) is 0 Å². The van der Waals surface area contributed by atoms with Crippen molar-refractivity contribution in [3.63, 3.8) is 0 Å². The van der Waals surface area contributed by atoms with Crippen molar-refractivity contribution < 1.29 is 9.47 Å². The zero-order valence-corrected chi connectivity index (χ0v) is 14.5. The first-order valence-corrected chi connectivity index (χ1v) is 8.88. The predicted molar refractivity (Wildman–Crippen MR) is 92.8 cm³/mol. The summed E-state index contributed by atoms with van der Waals surface area (Å²) in [5.41, 5.74) is 5.95. The number of nitrogens with one attached hydrogen (secondary N) is 1. The summed E-state index contributed by atoms with van der Waals surface area (Å²) >= 11 is 0. The van der Waals surface area contributed by atoms with Crippen molar-refractivity contribution in [3.8, 4) is 0 Å². The molecule has 2 aliphatic rings. The van der Waals surface area contributed by atoms with Gasteiger partial charge in [0.15, 0.2) is 5.96 Å². The van der Waals surface area contributed by atoms with Crippen molar-refractivity contribution in [1.29, 1.82) is 0 Å². The van der Waals surface area contributed by atoms with Gasteiger partial charge < -0.3 is 20.5 Å². The lowest BCUT2D eigenvalue weighted by molar-refractivity contribution is 0.0323. The molecule has 0 saturated carbocycles. The number of aliphatic imine (C=N–C) groups is 1.